The van der Waals surface area contributed by atoms with E-state index in [0.29, 0.717) is 34.3 Å². The summed E-state index contributed by atoms with van der Waals surface area (Å²) in [5.41, 5.74) is 3.80. The molecule has 198 valence electrons. The van der Waals surface area contributed by atoms with E-state index in [2.05, 4.69) is 26.2 Å². The second-order valence-electron chi connectivity index (χ2n) is 8.26. The highest BCUT2D eigenvalue weighted by atomic mass is 35.5. The molecule has 37 heavy (non-hydrogen) atoms. The van der Waals surface area contributed by atoms with Gasteiger partial charge in [0.2, 0.25) is 5.91 Å². The molecule has 0 aliphatic carbocycles. The zero-order chi connectivity index (χ0) is 27.1. The number of H-pyrrole nitrogens is 1. The lowest BCUT2D eigenvalue weighted by Gasteiger charge is -2.14. The standard InChI is InChI=1S/C24H29ClN6O6/c1-5-26-22(33)12-36-20-7-6-17(25)8-16(20)10-27-21(32)9-18-13(2)29-24(35)31(23(18)34)28-11-19-14(3)30-37-15(19)4/h6-8,28H,5,9-12H2,1-4H3,(H,26,33)(H,27,32)(H,29,35). The van der Waals surface area contributed by atoms with E-state index in [4.69, 9.17) is 20.9 Å². The normalized spacial score (nSPS) is 10.7. The quantitative estimate of drug-likeness (QED) is 0.287. The molecule has 0 aliphatic rings. The van der Waals surface area contributed by atoms with Crippen molar-refractivity contribution in [3.05, 3.63) is 77.9 Å². The van der Waals surface area contributed by atoms with Crippen LogP contribution in [-0.2, 0) is 29.1 Å². The van der Waals surface area contributed by atoms with Crippen molar-refractivity contribution < 1.29 is 18.8 Å². The SMILES string of the molecule is CCNC(=O)COc1ccc(Cl)cc1CNC(=O)Cc1c(C)[nH]c(=O)n(NCc2c(C)noc2C)c1=O. The van der Waals surface area contributed by atoms with Gasteiger partial charge < -0.3 is 30.3 Å². The Bertz CT molecular complexity index is 1390. The summed E-state index contributed by atoms with van der Waals surface area (Å²) in [6.45, 7) is 7.30. The summed E-state index contributed by atoms with van der Waals surface area (Å²) in [6.07, 6.45) is -0.274. The molecular formula is C24H29ClN6O6. The van der Waals surface area contributed by atoms with E-state index in [1.165, 1.54) is 0 Å². The zero-order valence-electron chi connectivity index (χ0n) is 21.0. The Morgan fingerprint density at radius 1 is 1.11 bits per heavy atom. The molecule has 0 radical (unpaired) electrons. The van der Waals surface area contributed by atoms with E-state index in [-0.39, 0.29) is 43.3 Å². The molecule has 2 heterocycles. The van der Waals surface area contributed by atoms with Crippen molar-refractivity contribution in [2.24, 2.45) is 0 Å². The number of ether oxygens (including phenoxy) is 1. The maximum Gasteiger partial charge on any atom is 0.347 e. The number of carbonyl (C=O) groups excluding carboxylic acids is 2. The maximum absolute atomic E-state index is 13.0. The Labute approximate surface area is 217 Å². The lowest BCUT2D eigenvalue weighted by atomic mass is 10.1. The molecule has 0 aliphatic heterocycles. The van der Waals surface area contributed by atoms with Gasteiger partial charge >= 0.3 is 5.69 Å². The molecule has 0 fully saturated rings. The lowest BCUT2D eigenvalue weighted by molar-refractivity contribution is -0.123. The van der Waals surface area contributed by atoms with E-state index in [0.717, 1.165) is 10.2 Å². The van der Waals surface area contributed by atoms with Crippen LogP contribution in [-0.4, -0.2) is 39.8 Å². The number of aromatic amines is 1. The molecule has 13 heteroatoms. The second-order valence-corrected chi connectivity index (χ2v) is 8.70. The van der Waals surface area contributed by atoms with E-state index < -0.39 is 17.2 Å². The predicted molar refractivity (Wildman–Crippen MR) is 136 cm³/mol. The Hall–Kier alpha value is -4.06. The third kappa shape index (κ3) is 7.00. The Balaban J connectivity index is 1.71. The summed E-state index contributed by atoms with van der Waals surface area (Å²) in [7, 11) is 0. The van der Waals surface area contributed by atoms with Crippen LogP contribution < -0.4 is 32.0 Å². The minimum absolute atomic E-state index is 0.0466. The van der Waals surface area contributed by atoms with Gasteiger partial charge in [0.1, 0.15) is 11.5 Å². The van der Waals surface area contributed by atoms with Gasteiger partial charge in [0.25, 0.3) is 11.5 Å². The van der Waals surface area contributed by atoms with Gasteiger partial charge in [0.05, 0.1) is 18.7 Å². The number of nitrogens with zero attached hydrogens (tertiary/aromatic N) is 2. The summed E-state index contributed by atoms with van der Waals surface area (Å²) in [5, 5.41) is 9.64. The molecule has 0 atom stereocenters. The summed E-state index contributed by atoms with van der Waals surface area (Å²) in [5.74, 6) is 0.220. The van der Waals surface area contributed by atoms with Crippen LogP contribution in [0.2, 0.25) is 5.02 Å². The first-order valence-corrected chi connectivity index (χ1v) is 11.9. The minimum atomic E-state index is -0.661. The van der Waals surface area contributed by atoms with Gasteiger partial charge in [-0.05, 0) is 45.9 Å². The number of aromatic nitrogens is 3. The van der Waals surface area contributed by atoms with Crippen molar-refractivity contribution in [2.75, 3.05) is 18.6 Å². The number of hydrogen-bond acceptors (Lipinski definition) is 8. The van der Waals surface area contributed by atoms with Crippen molar-refractivity contribution >= 4 is 23.4 Å². The molecule has 3 rings (SSSR count). The number of halogens is 1. The van der Waals surface area contributed by atoms with E-state index in [1.807, 2.05) is 0 Å². The monoisotopic (exact) mass is 532 g/mol. The van der Waals surface area contributed by atoms with Crippen molar-refractivity contribution in [3.63, 3.8) is 0 Å². The molecule has 0 unspecified atom stereocenters. The first kappa shape index (κ1) is 27.5. The molecule has 2 aromatic heterocycles. The van der Waals surface area contributed by atoms with Gasteiger partial charge in [-0.2, -0.15) is 4.68 Å². The maximum atomic E-state index is 13.0. The van der Waals surface area contributed by atoms with Crippen LogP contribution in [0.4, 0.5) is 0 Å². The molecular weight excluding hydrogens is 504 g/mol. The summed E-state index contributed by atoms with van der Waals surface area (Å²) in [4.78, 5) is 52.5. The fourth-order valence-electron chi connectivity index (χ4n) is 3.58. The van der Waals surface area contributed by atoms with Gasteiger partial charge in [0, 0.05) is 40.5 Å². The van der Waals surface area contributed by atoms with E-state index in [1.54, 1.807) is 45.9 Å². The van der Waals surface area contributed by atoms with Crippen molar-refractivity contribution in [1.29, 1.82) is 0 Å². The average molecular weight is 533 g/mol. The van der Waals surface area contributed by atoms with Crippen LogP contribution >= 0.6 is 11.6 Å². The summed E-state index contributed by atoms with van der Waals surface area (Å²) >= 11 is 6.09. The first-order valence-electron chi connectivity index (χ1n) is 11.6. The highest BCUT2D eigenvalue weighted by molar-refractivity contribution is 6.30. The van der Waals surface area contributed by atoms with E-state index in [9.17, 15) is 19.2 Å². The fourth-order valence-corrected chi connectivity index (χ4v) is 3.77. The minimum Gasteiger partial charge on any atom is -0.483 e. The van der Waals surface area contributed by atoms with Crippen LogP contribution in [0, 0.1) is 20.8 Å². The van der Waals surface area contributed by atoms with Gasteiger partial charge in [-0.1, -0.05) is 16.8 Å². The molecule has 2 amide bonds. The highest BCUT2D eigenvalue weighted by Gasteiger charge is 2.17. The van der Waals surface area contributed by atoms with Crippen LogP contribution in [0.15, 0.2) is 32.3 Å². The van der Waals surface area contributed by atoms with E-state index >= 15 is 0 Å². The lowest BCUT2D eigenvalue weighted by Crippen LogP contribution is -2.44. The van der Waals surface area contributed by atoms with Crippen molar-refractivity contribution in [2.45, 2.75) is 47.2 Å². The Morgan fingerprint density at radius 2 is 1.86 bits per heavy atom. The molecule has 4 N–H and O–H groups in total. The van der Waals surface area contributed by atoms with Crippen LogP contribution in [0.5, 0.6) is 5.75 Å². The second kappa shape index (κ2) is 12.3. The summed E-state index contributed by atoms with van der Waals surface area (Å²) < 4.78 is 11.5. The highest BCUT2D eigenvalue weighted by Crippen LogP contribution is 2.23. The Kier molecular flexibility index (Phi) is 9.12. The molecule has 0 spiro atoms. The molecule has 0 saturated carbocycles. The number of amides is 2. The third-order valence-corrected chi connectivity index (χ3v) is 5.81. The van der Waals surface area contributed by atoms with Crippen molar-refractivity contribution in [1.82, 2.24) is 25.5 Å². The zero-order valence-corrected chi connectivity index (χ0v) is 21.7. The first-order chi connectivity index (χ1) is 17.6. The van der Waals surface area contributed by atoms with Gasteiger partial charge in [-0.25, -0.2) is 4.79 Å². The van der Waals surface area contributed by atoms with Gasteiger partial charge in [-0.15, -0.1) is 0 Å². The third-order valence-electron chi connectivity index (χ3n) is 5.58. The molecule has 1 aromatic carbocycles. The smallest absolute Gasteiger partial charge is 0.347 e. The summed E-state index contributed by atoms with van der Waals surface area (Å²) in [6, 6.07) is 4.84. The molecule has 0 bridgehead atoms. The fraction of sp³-hybridized carbons (Fsp3) is 0.375. The largest absolute Gasteiger partial charge is 0.483 e. The molecule has 3 aromatic rings. The van der Waals surface area contributed by atoms with Crippen LogP contribution in [0.1, 0.15) is 40.8 Å². The van der Waals surface area contributed by atoms with Gasteiger partial charge in [0.15, 0.2) is 6.61 Å². The van der Waals surface area contributed by atoms with Crippen molar-refractivity contribution in [3.8, 4) is 5.75 Å². The van der Waals surface area contributed by atoms with Gasteiger partial charge in [-0.3, -0.25) is 14.4 Å². The Morgan fingerprint density at radius 3 is 2.54 bits per heavy atom. The van der Waals surface area contributed by atoms with Crippen LogP contribution in [0.25, 0.3) is 0 Å². The molecule has 12 nitrogen and oxygen atoms in total. The number of rotatable bonds is 11. The average Bonchev–Trinajstić information content (AvgIpc) is 3.16. The number of benzene rings is 1. The number of nitrogens with one attached hydrogen (secondary N) is 4. The number of aryl methyl sites for hydroxylation is 3. The molecule has 0 saturated heterocycles. The van der Waals surface area contributed by atoms with Crippen LogP contribution in [0.3, 0.4) is 0 Å². The number of carbonyl (C=O) groups is 2. The topological polar surface area (TPSA) is 160 Å². The predicted octanol–water partition coefficient (Wildman–Crippen LogP) is 1.22. The number of hydrogen-bond donors (Lipinski definition) is 4. The number of likely N-dealkylation sites (N-methyl/N-ethyl adjacent to an activating group) is 1.